The molecule has 2 unspecified atom stereocenters. The minimum Gasteiger partial charge on any atom is -0.310 e. The van der Waals surface area contributed by atoms with Gasteiger partial charge in [0.05, 0.1) is 11.6 Å². The van der Waals surface area contributed by atoms with Crippen molar-refractivity contribution in [3.63, 3.8) is 0 Å². The fourth-order valence-electron chi connectivity index (χ4n) is 6.08. The highest BCUT2D eigenvalue weighted by Crippen LogP contribution is 2.70. The Morgan fingerprint density at radius 3 is 2.04 bits per heavy atom. The van der Waals surface area contributed by atoms with Gasteiger partial charge in [0.2, 0.25) is 5.91 Å². The van der Waals surface area contributed by atoms with Gasteiger partial charge < -0.3 is 5.32 Å². The lowest BCUT2D eigenvalue weighted by atomic mass is 9.61. The van der Waals surface area contributed by atoms with Gasteiger partial charge in [-0.3, -0.25) is 9.48 Å². The monoisotopic (exact) mass is 355 g/mol. The highest BCUT2D eigenvalue weighted by Gasteiger charge is 2.63. The predicted molar refractivity (Wildman–Crippen MR) is 104 cm³/mol. The van der Waals surface area contributed by atoms with Crippen LogP contribution in [0.4, 0.5) is 5.82 Å². The highest BCUT2D eigenvalue weighted by molar-refractivity contribution is 5.97. The van der Waals surface area contributed by atoms with Crippen LogP contribution in [0.25, 0.3) is 0 Å². The van der Waals surface area contributed by atoms with Gasteiger partial charge in [-0.25, -0.2) is 0 Å². The molecule has 1 fully saturated rings. The van der Waals surface area contributed by atoms with Crippen molar-refractivity contribution in [2.24, 2.45) is 12.5 Å². The zero-order chi connectivity index (χ0) is 18.2. The van der Waals surface area contributed by atoms with Gasteiger partial charge in [-0.15, -0.1) is 0 Å². The second kappa shape index (κ2) is 5.10. The molecule has 1 amide bonds. The molecule has 0 aliphatic heterocycles. The standard InChI is InChI=1S/C23H21N3O/c1-26-20(10-11-24-26)25-22(27)23-12-18-14-6-2-4-8-16(14)21(23)17-9-5-3-7-15(17)19(18)13-23/h2-11,18-19,21H,12-13H2,1H3,(H,25,27). The Labute approximate surface area is 158 Å². The lowest BCUT2D eigenvalue weighted by molar-refractivity contribution is -0.126. The van der Waals surface area contributed by atoms with Crippen molar-refractivity contribution in [1.29, 1.82) is 0 Å². The first-order valence-electron chi connectivity index (χ1n) is 9.66. The van der Waals surface area contributed by atoms with Crippen molar-refractivity contribution in [2.45, 2.75) is 30.6 Å². The van der Waals surface area contributed by atoms with E-state index in [1.165, 1.54) is 22.3 Å². The molecule has 0 spiro atoms. The summed E-state index contributed by atoms with van der Waals surface area (Å²) in [4.78, 5) is 13.7. The Morgan fingerprint density at radius 2 is 1.52 bits per heavy atom. The zero-order valence-corrected chi connectivity index (χ0v) is 15.2. The third-order valence-electron chi connectivity index (χ3n) is 7.13. The Hall–Kier alpha value is -2.88. The minimum absolute atomic E-state index is 0.133. The molecule has 0 radical (unpaired) electrons. The number of carbonyl (C=O) groups excluding carboxylic acids is 1. The van der Waals surface area contributed by atoms with Crippen LogP contribution >= 0.6 is 0 Å². The molecule has 1 aromatic heterocycles. The second-order valence-electron chi connectivity index (χ2n) is 8.26. The van der Waals surface area contributed by atoms with E-state index >= 15 is 0 Å². The summed E-state index contributed by atoms with van der Waals surface area (Å²) in [5.74, 6) is 1.90. The van der Waals surface area contributed by atoms with Gasteiger partial charge in [-0.05, 0) is 46.9 Å². The van der Waals surface area contributed by atoms with Crippen LogP contribution in [0.15, 0.2) is 60.8 Å². The third-order valence-corrected chi connectivity index (χ3v) is 7.13. The van der Waals surface area contributed by atoms with Gasteiger partial charge in [0.1, 0.15) is 5.82 Å². The molecule has 1 N–H and O–H groups in total. The van der Waals surface area contributed by atoms with Crippen LogP contribution in [-0.2, 0) is 11.8 Å². The Balaban J connectivity index is 1.54. The van der Waals surface area contributed by atoms with Crippen molar-refractivity contribution in [1.82, 2.24) is 9.78 Å². The van der Waals surface area contributed by atoms with E-state index in [9.17, 15) is 4.79 Å². The molecular weight excluding hydrogens is 334 g/mol. The predicted octanol–water partition coefficient (Wildman–Crippen LogP) is 4.17. The van der Waals surface area contributed by atoms with Crippen LogP contribution in [0.2, 0.25) is 0 Å². The summed E-state index contributed by atoms with van der Waals surface area (Å²) in [6, 6.07) is 19.4. The number of aromatic nitrogens is 2. The molecule has 4 nitrogen and oxygen atoms in total. The van der Waals surface area contributed by atoms with Crippen LogP contribution in [0, 0.1) is 5.41 Å². The molecule has 1 heterocycles. The molecule has 3 bridgehead atoms. The van der Waals surface area contributed by atoms with Gasteiger partial charge in [0.15, 0.2) is 0 Å². The van der Waals surface area contributed by atoms with E-state index in [0.717, 1.165) is 18.7 Å². The quantitative estimate of drug-likeness (QED) is 0.750. The molecule has 3 aromatic rings. The maximum Gasteiger partial charge on any atom is 0.232 e. The number of hydrogen-bond acceptors (Lipinski definition) is 2. The topological polar surface area (TPSA) is 46.9 Å². The first-order valence-corrected chi connectivity index (χ1v) is 9.66. The molecule has 3 aliphatic carbocycles. The van der Waals surface area contributed by atoms with Crippen molar-refractivity contribution >= 4 is 11.7 Å². The molecule has 6 rings (SSSR count). The number of nitrogens with one attached hydrogen (secondary N) is 1. The normalized spacial score (nSPS) is 29.3. The first kappa shape index (κ1) is 15.2. The molecule has 0 saturated heterocycles. The number of aryl methyl sites for hydroxylation is 1. The Morgan fingerprint density at radius 1 is 0.963 bits per heavy atom. The van der Waals surface area contributed by atoms with E-state index in [1.807, 2.05) is 13.1 Å². The average Bonchev–Trinajstić information content (AvgIpc) is 3.20. The smallest absolute Gasteiger partial charge is 0.232 e. The molecule has 1 saturated carbocycles. The van der Waals surface area contributed by atoms with Crippen molar-refractivity contribution < 1.29 is 4.79 Å². The highest BCUT2D eigenvalue weighted by atomic mass is 16.2. The van der Waals surface area contributed by atoms with E-state index in [-0.39, 0.29) is 17.2 Å². The second-order valence-corrected chi connectivity index (χ2v) is 8.26. The van der Waals surface area contributed by atoms with E-state index < -0.39 is 0 Å². The van der Waals surface area contributed by atoms with Gasteiger partial charge in [0.25, 0.3) is 0 Å². The summed E-state index contributed by atoms with van der Waals surface area (Å²) in [7, 11) is 1.86. The summed E-state index contributed by atoms with van der Waals surface area (Å²) < 4.78 is 1.73. The van der Waals surface area contributed by atoms with Crippen LogP contribution in [-0.4, -0.2) is 15.7 Å². The number of anilines is 1. The lowest BCUT2D eigenvalue weighted by Gasteiger charge is -2.42. The average molecular weight is 355 g/mol. The third kappa shape index (κ3) is 1.83. The molecule has 4 heteroatoms. The number of benzene rings is 2. The Kier molecular flexibility index (Phi) is 2.87. The number of amides is 1. The molecule has 134 valence electrons. The molecule has 3 aliphatic rings. The van der Waals surface area contributed by atoms with Crippen molar-refractivity contribution in [3.05, 3.63) is 83.0 Å². The fourth-order valence-corrected chi connectivity index (χ4v) is 6.08. The van der Waals surface area contributed by atoms with Gasteiger partial charge in [0, 0.05) is 19.0 Å². The lowest BCUT2D eigenvalue weighted by Crippen LogP contribution is -2.43. The van der Waals surface area contributed by atoms with Crippen LogP contribution in [0.3, 0.4) is 0 Å². The van der Waals surface area contributed by atoms with E-state index in [0.29, 0.717) is 11.8 Å². The number of hydrogen-bond donors (Lipinski definition) is 1. The first-order chi connectivity index (χ1) is 13.2. The van der Waals surface area contributed by atoms with Crippen molar-refractivity contribution in [3.8, 4) is 0 Å². The number of carbonyl (C=O) groups is 1. The summed E-state index contributed by atoms with van der Waals surface area (Å²) in [5.41, 5.74) is 5.22. The number of rotatable bonds is 2. The Bertz CT molecular complexity index is 1030. The van der Waals surface area contributed by atoms with Gasteiger partial charge in [-0.1, -0.05) is 48.5 Å². The molecule has 2 atom stereocenters. The molecule has 2 aromatic carbocycles. The van der Waals surface area contributed by atoms with Crippen LogP contribution in [0.5, 0.6) is 0 Å². The SMILES string of the molecule is Cn1nccc1NC(=O)C12CC3c4ccccc4C1c1ccccc1C3C2. The summed E-state index contributed by atoms with van der Waals surface area (Å²) in [5, 5.41) is 7.38. The van der Waals surface area contributed by atoms with Gasteiger partial charge in [-0.2, -0.15) is 5.10 Å². The number of nitrogens with zero attached hydrogens (tertiary/aromatic N) is 2. The fraction of sp³-hybridized carbons (Fsp3) is 0.304. The minimum atomic E-state index is -0.373. The number of fused-ring (bicyclic) bond motifs is 9. The molecule has 27 heavy (non-hydrogen) atoms. The largest absolute Gasteiger partial charge is 0.310 e. The van der Waals surface area contributed by atoms with E-state index in [4.69, 9.17) is 0 Å². The summed E-state index contributed by atoms with van der Waals surface area (Å²) in [6.45, 7) is 0. The van der Waals surface area contributed by atoms with Crippen LogP contribution < -0.4 is 5.32 Å². The van der Waals surface area contributed by atoms with E-state index in [2.05, 4.69) is 58.9 Å². The molecular formula is C23H21N3O. The summed E-state index contributed by atoms with van der Waals surface area (Å²) >= 11 is 0. The summed E-state index contributed by atoms with van der Waals surface area (Å²) in [6.07, 6.45) is 3.58. The van der Waals surface area contributed by atoms with Crippen molar-refractivity contribution in [2.75, 3.05) is 5.32 Å². The maximum atomic E-state index is 13.7. The maximum absolute atomic E-state index is 13.7. The van der Waals surface area contributed by atoms with E-state index in [1.54, 1.807) is 10.9 Å². The van der Waals surface area contributed by atoms with Gasteiger partial charge >= 0.3 is 0 Å². The van der Waals surface area contributed by atoms with Crippen LogP contribution in [0.1, 0.15) is 52.8 Å². The zero-order valence-electron chi connectivity index (χ0n) is 15.2.